The van der Waals surface area contributed by atoms with Crippen LogP contribution in [0.25, 0.3) is 21.9 Å². The Kier molecular flexibility index (Phi) is 2.38. The lowest BCUT2D eigenvalue weighted by Crippen LogP contribution is -2.11. The lowest BCUT2D eigenvalue weighted by atomic mass is 10.2. The molecule has 0 bridgehead atoms. The summed E-state index contributed by atoms with van der Waals surface area (Å²) < 4.78 is 0. The number of carbonyl (C=O) groups is 1. The Balaban J connectivity index is 2.22. The Hall–Kier alpha value is -2.21. The average Bonchev–Trinajstić information content (AvgIpc) is 2.93. The molecule has 0 saturated carbocycles. The first-order valence-corrected chi connectivity index (χ1v) is 6.18. The van der Waals surface area contributed by atoms with Gasteiger partial charge in [0.25, 0.3) is 5.91 Å². The molecule has 3 aromatic rings. The maximum atomic E-state index is 11.3. The average molecular weight is 258 g/mol. The molecule has 0 aliphatic heterocycles. The second-order valence-electron chi connectivity index (χ2n) is 3.92. The minimum Gasteiger partial charge on any atom is -0.366 e. The van der Waals surface area contributed by atoms with Crippen LogP contribution in [0.15, 0.2) is 24.4 Å². The van der Waals surface area contributed by atoms with E-state index in [0.29, 0.717) is 22.6 Å². The predicted molar refractivity (Wildman–Crippen MR) is 70.5 cm³/mol. The van der Waals surface area contributed by atoms with Crippen molar-refractivity contribution in [2.45, 2.75) is 6.92 Å². The zero-order valence-electron chi connectivity index (χ0n) is 9.60. The number of aromatic amines is 1. The third kappa shape index (κ3) is 1.67. The van der Waals surface area contributed by atoms with Gasteiger partial charge in [-0.2, -0.15) is 0 Å². The molecule has 5 nitrogen and oxygen atoms in total. The maximum absolute atomic E-state index is 11.3. The molecule has 18 heavy (non-hydrogen) atoms. The molecule has 3 rings (SSSR count). The summed E-state index contributed by atoms with van der Waals surface area (Å²) in [5.74, 6) is 0.226. The SMILES string of the molecule is Cc1ccc(-c2nc3nccc(C(N)=O)c3[nH]2)s1. The van der Waals surface area contributed by atoms with Gasteiger partial charge in [-0.05, 0) is 25.1 Å². The number of thiophene rings is 1. The van der Waals surface area contributed by atoms with Gasteiger partial charge in [-0.3, -0.25) is 4.79 Å². The van der Waals surface area contributed by atoms with E-state index in [9.17, 15) is 4.79 Å². The Morgan fingerprint density at radius 1 is 1.39 bits per heavy atom. The van der Waals surface area contributed by atoms with Gasteiger partial charge in [-0.1, -0.05) is 0 Å². The summed E-state index contributed by atoms with van der Waals surface area (Å²) in [6, 6.07) is 5.60. The van der Waals surface area contributed by atoms with Crippen LogP contribution < -0.4 is 5.73 Å². The third-order valence-electron chi connectivity index (χ3n) is 2.63. The van der Waals surface area contributed by atoms with Crippen LogP contribution in [0.2, 0.25) is 0 Å². The number of nitrogens with zero attached hydrogens (tertiary/aromatic N) is 2. The van der Waals surface area contributed by atoms with E-state index >= 15 is 0 Å². The van der Waals surface area contributed by atoms with Gasteiger partial charge >= 0.3 is 0 Å². The number of hydrogen-bond donors (Lipinski definition) is 2. The fourth-order valence-corrected chi connectivity index (χ4v) is 2.61. The van der Waals surface area contributed by atoms with Crippen LogP contribution in [-0.4, -0.2) is 20.9 Å². The van der Waals surface area contributed by atoms with E-state index in [2.05, 4.69) is 15.0 Å². The van der Waals surface area contributed by atoms with Gasteiger partial charge < -0.3 is 10.7 Å². The fourth-order valence-electron chi connectivity index (χ4n) is 1.79. The number of carbonyl (C=O) groups excluding carboxylic acids is 1. The highest BCUT2D eigenvalue weighted by Gasteiger charge is 2.13. The fraction of sp³-hybridized carbons (Fsp3) is 0.0833. The molecular weight excluding hydrogens is 248 g/mol. The van der Waals surface area contributed by atoms with Gasteiger partial charge in [0.05, 0.1) is 16.0 Å². The number of fused-ring (bicyclic) bond motifs is 1. The molecule has 0 aromatic carbocycles. The highest BCUT2D eigenvalue weighted by atomic mass is 32.1. The van der Waals surface area contributed by atoms with Crippen molar-refractivity contribution >= 4 is 28.4 Å². The molecule has 0 aliphatic carbocycles. The molecule has 0 spiro atoms. The minimum atomic E-state index is -0.486. The van der Waals surface area contributed by atoms with Crippen LogP contribution in [0, 0.1) is 6.92 Å². The molecule has 0 aliphatic rings. The number of pyridine rings is 1. The van der Waals surface area contributed by atoms with Gasteiger partial charge in [0.15, 0.2) is 11.5 Å². The summed E-state index contributed by atoms with van der Waals surface area (Å²) in [5, 5.41) is 0. The van der Waals surface area contributed by atoms with E-state index in [0.717, 1.165) is 4.88 Å². The molecule has 0 radical (unpaired) electrons. The number of nitrogens with one attached hydrogen (secondary N) is 1. The van der Waals surface area contributed by atoms with Crippen LogP contribution in [0.3, 0.4) is 0 Å². The number of amides is 1. The van der Waals surface area contributed by atoms with E-state index in [1.165, 1.54) is 11.1 Å². The first-order chi connectivity index (χ1) is 8.65. The van der Waals surface area contributed by atoms with Crippen molar-refractivity contribution < 1.29 is 4.79 Å². The lowest BCUT2D eigenvalue weighted by molar-refractivity contribution is 0.100. The van der Waals surface area contributed by atoms with Crippen molar-refractivity contribution in [3.63, 3.8) is 0 Å². The standard InChI is InChI=1S/C12H10N4OS/c1-6-2-3-8(18-6)11-15-9-7(10(13)17)4-5-14-12(9)16-11/h2-5H,1H3,(H2,13,17)(H,14,15,16). The Morgan fingerprint density at radius 3 is 2.89 bits per heavy atom. The van der Waals surface area contributed by atoms with Crippen molar-refractivity contribution in [1.82, 2.24) is 15.0 Å². The number of aromatic nitrogens is 3. The summed E-state index contributed by atoms with van der Waals surface area (Å²) in [6.45, 7) is 2.03. The molecule has 0 fully saturated rings. The van der Waals surface area contributed by atoms with Crippen molar-refractivity contribution in [3.8, 4) is 10.7 Å². The highest BCUT2D eigenvalue weighted by molar-refractivity contribution is 7.15. The number of imidazole rings is 1. The maximum Gasteiger partial charge on any atom is 0.251 e. The van der Waals surface area contributed by atoms with Crippen molar-refractivity contribution in [2.75, 3.05) is 0 Å². The molecule has 3 aromatic heterocycles. The van der Waals surface area contributed by atoms with Crippen molar-refractivity contribution in [1.29, 1.82) is 0 Å². The number of rotatable bonds is 2. The molecule has 3 heterocycles. The second-order valence-corrected chi connectivity index (χ2v) is 5.20. The Labute approximate surface area is 107 Å². The highest BCUT2D eigenvalue weighted by Crippen LogP contribution is 2.27. The first kappa shape index (κ1) is 10.9. The third-order valence-corrected chi connectivity index (χ3v) is 3.64. The van der Waals surface area contributed by atoms with Gasteiger partial charge in [0.1, 0.15) is 0 Å². The number of nitrogens with two attached hydrogens (primary N) is 1. The zero-order valence-corrected chi connectivity index (χ0v) is 10.4. The number of primary amides is 1. The lowest BCUT2D eigenvalue weighted by Gasteiger charge is -1.94. The molecule has 90 valence electrons. The van der Waals surface area contributed by atoms with E-state index in [1.54, 1.807) is 17.4 Å². The van der Waals surface area contributed by atoms with Crippen molar-refractivity contribution in [2.24, 2.45) is 5.73 Å². The molecule has 1 amide bonds. The van der Waals surface area contributed by atoms with Gasteiger partial charge in [-0.15, -0.1) is 11.3 Å². The van der Waals surface area contributed by atoms with Crippen LogP contribution >= 0.6 is 11.3 Å². The molecule has 0 atom stereocenters. The molecule has 0 unspecified atom stereocenters. The summed E-state index contributed by atoms with van der Waals surface area (Å²) >= 11 is 1.63. The van der Waals surface area contributed by atoms with E-state index < -0.39 is 5.91 Å². The van der Waals surface area contributed by atoms with Gasteiger partial charge in [0, 0.05) is 11.1 Å². The van der Waals surface area contributed by atoms with E-state index in [1.807, 2.05) is 19.1 Å². The normalized spacial score (nSPS) is 10.9. The zero-order chi connectivity index (χ0) is 12.7. The monoisotopic (exact) mass is 258 g/mol. The summed E-state index contributed by atoms with van der Waals surface area (Å²) in [5.41, 5.74) is 6.83. The largest absolute Gasteiger partial charge is 0.366 e. The Morgan fingerprint density at radius 2 is 2.22 bits per heavy atom. The first-order valence-electron chi connectivity index (χ1n) is 5.36. The quantitative estimate of drug-likeness (QED) is 0.738. The number of aryl methyl sites for hydroxylation is 1. The molecule has 3 N–H and O–H groups in total. The smallest absolute Gasteiger partial charge is 0.251 e. The molecule has 0 saturated heterocycles. The van der Waals surface area contributed by atoms with Crippen LogP contribution in [0.4, 0.5) is 0 Å². The molecule has 6 heteroatoms. The number of H-pyrrole nitrogens is 1. The number of hydrogen-bond acceptors (Lipinski definition) is 4. The predicted octanol–water partition coefficient (Wildman–Crippen LogP) is 2.09. The topological polar surface area (TPSA) is 84.7 Å². The van der Waals surface area contributed by atoms with Crippen LogP contribution in [-0.2, 0) is 0 Å². The van der Waals surface area contributed by atoms with Crippen molar-refractivity contribution in [3.05, 3.63) is 34.8 Å². The summed E-state index contributed by atoms with van der Waals surface area (Å²) in [6.07, 6.45) is 1.53. The Bertz CT molecular complexity index is 743. The second kappa shape index (κ2) is 3.92. The molecular formula is C12H10N4OS. The van der Waals surface area contributed by atoms with Crippen LogP contribution in [0.5, 0.6) is 0 Å². The van der Waals surface area contributed by atoms with Gasteiger partial charge in [0.2, 0.25) is 0 Å². The van der Waals surface area contributed by atoms with Crippen LogP contribution in [0.1, 0.15) is 15.2 Å². The summed E-state index contributed by atoms with van der Waals surface area (Å²) in [7, 11) is 0. The van der Waals surface area contributed by atoms with E-state index in [-0.39, 0.29) is 0 Å². The van der Waals surface area contributed by atoms with E-state index in [4.69, 9.17) is 5.73 Å². The minimum absolute atomic E-state index is 0.409. The van der Waals surface area contributed by atoms with Gasteiger partial charge in [-0.25, -0.2) is 9.97 Å². The summed E-state index contributed by atoms with van der Waals surface area (Å²) in [4.78, 5) is 25.1.